The summed E-state index contributed by atoms with van der Waals surface area (Å²) >= 11 is 0. The van der Waals surface area contributed by atoms with Crippen molar-refractivity contribution in [3.63, 3.8) is 0 Å². The van der Waals surface area contributed by atoms with Crippen LogP contribution in [0.4, 0.5) is 5.69 Å². The molecule has 0 aromatic heterocycles. The van der Waals surface area contributed by atoms with E-state index in [1.165, 1.54) is 11.1 Å². The standard InChI is InChI=1S/C29H30N2O4/c1-19-3-5-21(6-4-19)28-26-17-25(12-9-20(26)15-16-31(28)29(33)22-7-8-22)35-18-27(32)30-23-10-13-24(34-2)14-11-23/h3-6,9-14,17,22,28H,7-8,15-16,18H2,1-2H3,(H,30,32). The average molecular weight is 471 g/mol. The summed E-state index contributed by atoms with van der Waals surface area (Å²) in [5.41, 5.74) is 5.25. The maximum absolute atomic E-state index is 13.2. The van der Waals surface area contributed by atoms with Crippen LogP contribution in [0.15, 0.2) is 66.7 Å². The van der Waals surface area contributed by atoms with Gasteiger partial charge >= 0.3 is 0 Å². The number of ether oxygens (including phenoxy) is 2. The maximum atomic E-state index is 13.2. The fraction of sp³-hybridized carbons (Fsp3) is 0.310. The van der Waals surface area contributed by atoms with E-state index in [0.717, 1.165) is 36.1 Å². The molecule has 35 heavy (non-hydrogen) atoms. The Morgan fingerprint density at radius 1 is 0.971 bits per heavy atom. The number of methoxy groups -OCH3 is 1. The summed E-state index contributed by atoms with van der Waals surface area (Å²) in [6, 6.07) is 21.4. The van der Waals surface area contributed by atoms with Gasteiger partial charge in [0, 0.05) is 18.2 Å². The van der Waals surface area contributed by atoms with Crippen molar-refractivity contribution in [2.24, 2.45) is 5.92 Å². The molecule has 3 aromatic rings. The number of hydrogen-bond acceptors (Lipinski definition) is 4. The number of fused-ring (bicyclic) bond motifs is 1. The third-order valence-electron chi connectivity index (χ3n) is 6.69. The van der Waals surface area contributed by atoms with Crippen LogP contribution in [0.5, 0.6) is 11.5 Å². The number of nitrogens with zero attached hydrogens (tertiary/aromatic N) is 1. The van der Waals surface area contributed by atoms with Crippen molar-refractivity contribution < 1.29 is 19.1 Å². The highest BCUT2D eigenvalue weighted by atomic mass is 16.5. The van der Waals surface area contributed by atoms with Gasteiger partial charge in [0.2, 0.25) is 5.91 Å². The second-order valence-corrected chi connectivity index (χ2v) is 9.30. The fourth-order valence-corrected chi connectivity index (χ4v) is 4.61. The lowest BCUT2D eigenvalue weighted by molar-refractivity contribution is -0.134. The molecule has 1 heterocycles. The zero-order valence-corrected chi connectivity index (χ0v) is 20.1. The fourth-order valence-electron chi connectivity index (χ4n) is 4.61. The number of rotatable bonds is 7. The van der Waals surface area contributed by atoms with Crippen LogP contribution < -0.4 is 14.8 Å². The Morgan fingerprint density at radius 2 is 1.69 bits per heavy atom. The minimum absolute atomic E-state index is 0.106. The topological polar surface area (TPSA) is 67.9 Å². The maximum Gasteiger partial charge on any atom is 0.262 e. The smallest absolute Gasteiger partial charge is 0.262 e. The number of carbonyl (C=O) groups is 2. The summed E-state index contributed by atoms with van der Waals surface area (Å²) in [4.78, 5) is 27.7. The first-order valence-corrected chi connectivity index (χ1v) is 12.1. The number of aryl methyl sites for hydroxylation is 1. The molecule has 1 fully saturated rings. The molecule has 0 spiro atoms. The van der Waals surface area contributed by atoms with Gasteiger partial charge in [0.1, 0.15) is 11.5 Å². The number of hydrogen-bond donors (Lipinski definition) is 1. The van der Waals surface area contributed by atoms with Crippen molar-refractivity contribution in [2.75, 3.05) is 25.6 Å². The summed E-state index contributed by atoms with van der Waals surface area (Å²) < 4.78 is 11.0. The third-order valence-corrected chi connectivity index (χ3v) is 6.69. The highest BCUT2D eigenvalue weighted by molar-refractivity contribution is 5.91. The van der Waals surface area contributed by atoms with Crippen LogP contribution in [0.1, 0.15) is 41.1 Å². The van der Waals surface area contributed by atoms with Gasteiger partial charge in [-0.3, -0.25) is 9.59 Å². The molecule has 0 bridgehead atoms. The second kappa shape index (κ2) is 9.82. The predicted molar refractivity (Wildman–Crippen MR) is 135 cm³/mol. The molecular weight excluding hydrogens is 440 g/mol. The quantitative estimate of drug-likeness (QED) is 0.533. The molecule has 1 aliphatic carbocycles. The zero-order valence-electron chi connectivity index (χ0n) is 20.1. The molecule has 2 amide bonds. The molecule has 1 N–H and O–H groups in total. The minimum atomic E-state index is -0.242. The van der Waals surface area contributed by atoms with Crippen LogP contribution >= 0.6 is 0 Å². The van der Waals surface area contributed by atoms with E-state index >= 15 is 0 Å². The first-order chi connectivity index (χ1) is 17.0. The number of benzene rings is 3. The molecule has 1 saturated carbocycles. The van der Waals surface area contributed by atoms with Crippen molar-refractivity contribution in [2.45, 2.75) is 32.2 Å². The Bertz CT molecular complexity index is 1220. The molecule has 6 nitrogen and oxygen atoms in total. The lowest BCUT2D eigenvalue weighted by Crippen LogP contribution is -2.41. The molecule has 1 unspecified atom stereocenters. The van der Waals surface area contributed by atoms with Crippen LogP contribution in [0, 0.1) is 12.8 Å². The van der Waals surface area contributed by atoms with Crippen molar-refractivity contribution >= 4 is 17.5 Å². The number of amides is 2. The van der Waals surface area contributed by atoms with Gasteiger partial charge in [-0.25, -0.2) is 0 Å². The van der Waals surface area contributed by atoms with Gasteiger partial charge in [0.05, 0.1) is 13.2 Å². The lowest BCUT2D eigenvalue weighted by atomic mass is 9.87. The Kier molecular flexibility index (Phi) is 6.45. The molecule has 0 saturated heterocycles. The normalized spacial score (nSPS) is 16.9. The van der Waals surface area contributed by atoms with Crippen LogP contribution in [0.25, 0.3) is 0 Å². The van der Waals surface area contributed by atoms with Crippen LogP contribution in [0.3, 0.4) is 0 Å². The molecular formula is C29H30N2O4. The summed E-state index contributed by atoms with van der Waals surface area (Å²) in [5, 5.41) is 2.83. The summed E-state index contributed by atoms with van der Waals surface area (Å²) in [6.07, 6.45) is 2.78. The first-order valence-electron chi connectivity index (χ1n) is 12.1. The first kappa shape index (κ1) is 23.0. The Labute approximate surface area is 205 Å². The Balaban J connectivity index is 1.34. The van der Waals surface area contributed by atoms with E-state index in [-0.39, 0.29) is 30.4 Å². The molecule has 1 aliphatic heterocycles. The number of anilines is 1. The molecule has 0 radical (unpaired) electrons. The number of nitrogens with one attached hydrogen (secondary N) is 1. The van der Waals surface area contributed by atoms with E-state index in [9.17, 15) is 9.59 Å². The summed E-state index contributed by atoms with van der Waals surface area (Å²) in [7, 11) is 1.60. The third kappa shape index (κ3) is 5.16. The number of carbonyl (C=O) groups excluding carboxylic acids is 2. The van der Waals surface area contributed by atoms with E-state index in [0.29, 0.717) is 18.0 Å². The van der Waals surface area contributed by atoms with Gasteiger partial charge in [0.25, 0.3) is 5.91 Å². The van der Waals surface area contributed by atoms with Crippen LogP contribution in [-0.2, 0) is 16.0 Å². The van der Waals surface area contributed by atoms with Gasteiger partial charge in [0.15, 0.2) is 6.61 Å². The monoisotopic (exact) mass is 470 g/mol. The van der Waals surface area contributed by atoms with E-state index in [1.807, 2.05) is 17.0 Å². The molecule has 180 valence electrons. The van der Waals surface area contributed by atoms with E-state index < -0.39 is 0 Å². The Hall–Kier alpha value is -3.80. The van der Waals surface area contributed by atoms with E-state index in [2.05, 4.69) is 42.6 Å². The second-order valence-electron chi connectivity index (χ2n) is 9.30. The van der Waals surface area contributed by atoms with Crippen molar-refractivity contribution in [1.82, 2.24) is 4.90 Å². The molecule has 1 atom stereocenters. The van der Waals surface area contributed by atoms with Crippen molar-refractivity contribution in [3.05, 3.63) is 89.0 Å². The van der Waals surface area contributed by atoms with E-state index in [4.69, 9.17) is 9.47 Å². The molecule has 5 rings (SSSR count). The highest BCUT2D eigenvalue weighted by Crippen LogP contribution is 2.41. The van der Waals surface area contributed by atoms with Crippen LogP contribution in [0.2, 0.25) is 0 Å². The van der Waals surface area contributed by atoms with Gasteiger partial charge in [-0.05, 0) is 79.3 Å². The SMILES string of the molecule is COc1ccc(NC(=O)COc2ccc3c(c2)C(c2ccc(C)cc2)N(C(=O)C2CC2)CC3)cc1. The minimum Gasteiger partial charge on any atom is -0.497 e. The van der Waals surface area contributed by atoms with E-state index in [1.54, 1.807) is 31.4 Å². The van der Waals surface area contributed by atoms with Crippen molar-refractivity contribution in [1.29, 1.82) is 0 Å². The Morgan fingerprint density at radius 3 is 2.37 bits per heavy atom. The largest absolute Gasteiger partial charge is 0.497 e. The molecule has 2 aliphatic rings. The summed E-state index contributed by atoms with van der Waals surface area (Å²) in [6.45, 7) is 2.67. The predicted octanol–water partition coefficient (Wildman–Crippen LogP) is 4.91. The highest BCUT2D eigenvalue weighted by Gasteiger charge is 2.39. The molecule has 6 heteroatoms. The average Bonchev–Trinajstić information content (AvgIpc) is 3.73. The van der Waals surface area contributed by atoms with Gasteiger partial charge < -0.3 is 19.7 Å². The van der Waals surface area contributed by atoms with Gasteiger partial charge in [-0.2, -0.15) is 0 Å². The van der Waals surface area contributed by atoms with Gasteiger partial charge in [-0.1, -0.05) is 35.9 Å². The van der Waals surface area contributed by atoms with Crippen molar-refractivity contribution in [3.8, 4) is 11.5 Å². The molecule has 3 aromatic carbocycles. The lowest BCUT2D eigenvalue weighted by Gasteiger charge is -2.38. The summed E-state index contributed by atoms with van der Waals surface area (Å²) in [5.74, 6) is 1.50. The zero-order chi connectivity index (χ0) is 24.4. The van der Waals surface area contributed by atoms with Crippen LogP contribution in [-0.4, -0.2) is 37.0 Å². The van der Waals surface area contributed by atoms with Gasteiger partial charge in [-0.15, -0.1) is 0 Å².